The number of carbonyl (C=O) groups is 1. The van der Waals surface area contributed by atoms with Gasteiger partial charge in [0.25, 0.3) is 0 Å². The summed E-state index contributed by atoms with van der Waals surface area (Å²) in [5.74, 6) is 0.108. The molecule has 0 spiro atoms. The molecule has 0 saturated carbocycles. The van der Waals surface area contributed by atoms with Crippen LogP contribution in [0.5, 0.6) is 0 Å². The highest BCUT2D eigenvalue weighted by atomic mass is 16.1. The molecule has 0 amide bonds. The molecule has 13 heavy (non-hydrogen) atoms. The Morgan fingerprint density at radius 2 is 2.23 bits per heavy atom. The fraction of sp³-hybridized carbons (Fsp3) is 0.300. The Morgan fingerprint density at radius 1 is 1.54 bits per heavy atom. The summed E-state index contributed by atoms with van der Waals surface area (Å²) in [4.78, 5) is 11.4. The van der Waals surface area contributed by atoms with Crippen molar-refractivity contribution in [3.05, 3.63) is 29.3 Å². The Balaban J connectivity index is 3.15. The summed E-state index contributed by atoms with van der Waals surface area (Å²) in [7, 11) is 5.29. The van der Waals surface area contributed by atoms with E-state index in [1.54, 1.807) is 0 Å². The molecule has 1 aromatic carbocycles. The van der Waals surface area contributed by atoms with E-state index in [-0.39, 0.29) is 5.78 Å². The molecule has 0 heterocycles. The van der Waals surface area contributed by atoms with E-state index in [1.807, 2.05) is 32.0 Å². The first-order chi connectivity index (χ1) is 6.19. The first kappa shape index (κ1) is 9.84. The third-order valence-electron chi connectivity index (χ3n) is 1.95. The third kappa shape index (κ3) is 2.11. The molecule has 1 aromatic rings. The highest BCUT2D eigenvalue weighted by Crippen LogP contribution is 2.18. The smallest absolute Gasteiger partial charge is 0.222 e. The van der Waals surface area contributed by atoms with Gasteiger partial charge >= 0.3 is 0 Å². The van der Waals surface area contributed by atoms with Crippen LogP contribution in [0.15, 0.2) is 18.2 Å². The lowest BCUT2D eigenvalue weighted by Crippen LogP contribution is -2.03. The molecule has 66 valence electrons. The Morgan fingerprint density at radius 3 is 2.77 bits per heavy atom. The predicted octanol–water partition coefficient (Wildman–Crippen LogP) is 2.08. The van der Waals surface area contributed by atoms with Crippen LogP contribution in [0.2, 0.25) is 0 Å². The Bertz CT molecular complexity index is 323. The lowest BCUT2D eigenvalue weighted by Gasteiger charge is -2.08. The van der Waals surface area contributed by atoms with E-state index in [0.717, 1.165) is 5.56 Å². The quantitative estimate of drug-likeness (QED) is 0.559. The lowest BCUT2D eigenvalue weighted by molar-refractivity contribution is 0.0989. The summed E-state index contributed by atoms with van der Waals surface area (Å²) in [5.41, 5.74) is 2.43. The molecule has 0 aliphatic heterocycles. The molecular formula is C10H12BNO. The Kier molecular flexibility index (Phi) is 3.12. The Hall–Kier alpha value is -1.25. The average Bonchev–Trinajstić information content (AvgIpc) is 2.16. The van der Waals surface area contributed by atoms with Crippen molar-refractivity contribution in [2.45, 2.75) is 20.3 Å². The van der Waals surface area contributed by atoms with E-state index in [0.29, 0.717) is 17.7 Å². The molecule has 2 nitrogen and oxygen atoms in total. The molecule has 0 fully saturated rings. The molecule has 0 aromatic heterocycles. The number of hydrogen-bond donors (Lipinski definition) is 1. The first-order valence-corrected chi connectivity index (χ1v) is 4.29. The van der Waals surface area contributed by atoms with Crippen LogP contribution in [0, 0.1) is 6.92 Å². The fourth-order valence-corrected chi connectivity index (χ4v) is 1.21. The minimum absolute atomic E-state index is 0.108. The van der Waals surface area contributed by atoms with Crippen LogP contribution < -0.4 is 5.23 Å². The van der Waals surface area contributed by atoms with Crippen molar-refractivity contribution in [3.8, 4) is 0 Å². The molecule has 0 unspecified atom stereocenters. The maximum absolute atomic E-state index is 11.4. The zero-order valence-corrected chi connectivity index (χ0v) is 7.92. The number of nitrogens with one attached hydrogen (secondary N) is 1. The van der Waals surface area contributed by atoms with Gasteiger partial charge in [-0.3, -0.25) is 4.79 Å². The number of hydrogen-bond acceptors (Lipinski definition) is 2. The maximum Gasteiger partial charge on any atom is 0.222 e. The van der Waals surface area contributed by atoms with Gasteiger partial charge in [0.2, 0.25) is 7.98 Å². The minimum atomic E-state index is 0.108. The number of carbonyl (C=O) groups excluding carboxylic acids is 1. The maximum atomic E-state index is 11.4. The summed E-state index contributed by atoms with van der Waals surface area (Å²) in [6, 6.07) is 5.58. The van der Waals surface area contributed by atoms with Crippen LogP contribution >= 0.6 is 0 Å². The van der Waals surface area contributed by atoms with E-state index in [1.165, 1.54) is 0 Å². The van der Waals surface area contributed by atoms with Crippen molar-refractivity contribution in [3.63, 3.8) is 0 Å². The van der Waals surface area contributed by atoms with Gasteiger partial charge in [-0.2, -0.15) is 0 Å². The number of aryl methyl sites for hydroxylation is 1. The molecule has 0 saturated heterocycles. The summed E-state index contributed by atoms with van der Waals surface area (Å²) < 4.78 is 0. The van der Waals surface area contributed by atoms with Crippen LogP contribution in [-0.2, 0) is 0 Å². The van der Waals surface area contributed by atoms with Crippen LogP contribution in [0.4, 0.5) is 5.69 Å². The normalized spacial score (nSPS) is 9.69. The van der Waals surface area contributed by atoms with Gasteiger partial charge in [0.1, 0.15) is 0 Å². The van der Waals surface area contributed by atoms with E-state index < -0.39 is 0 Å². The van der Waals surface area contributed by atoms with Crippen LogP contribution in [0.1, 0.15) is 29.3 Å². The summed E-state index contributed by atoms with van der Waals surface area (Å²) in [5, 5.41) is 2.52. The van der Waals surface area contributed by atoms with Crippen molar-refractivity contribution < 1.29 is 4.79 Å². The van der Waals surface area contributed by atoms with Gasteiger partial charge in [0.15, 0.2) is 5.78 Å². The fourth-order valence-electron chi connectivity index (χ4n) is 1.21. The zero-order valence-electron chi connectivity index (χ0n) is 7.92. The van der Waals surface area contributed by atoms with E-state index in [2.05, 4.69) is 5.23 Å². The van der Waals surface area contributed by atoms with Crippen molar-refractivity contribution >= 4 is 19.5 Å². The van der Waals surface area contributed by atoms with E-state index in [9.17, 15) is 4.79 Å². The second-order valence-corrected chi connectivity index (χ2v) is 2.97. The molecule has 0 aliphatic carbocycles. The van der Waals surface area contributed by atoms with Crippen molar-refractivity contribution in [1.82, 2.24) is 0 Å². The van der Waals surface area contributed by atoms with E-state index >= 15 is 0 Å². The van der Waals surface area contributed by atoms with Gasteiger partial charge in [0.05, 0.1) is 0 Å². The molecule has 2 radical (unpaired) electrons. The van der Waals surface area contributed by atoms with Crippen molar-refractivity contribution in [1.29, 1.82) is 0 Å². The van der Waals surface area contributed by atoms with Gasteiger partial charge in [-0.1, -0.05) is 18.6 Å². The van der Waals surface area contributed by atoms with Gasteiger partial charge in [-0.15, -0.1) is 0 Å². The van der Waals surface area contributed by atoms with Gasteiger partial charge < -0.3 is 5.23 Å². The van der Waals surface area contributed by atoms with Crippen LogP contribution in [-0.4, -0.2) is 13.8 Å². The lowest BCUT2D eigenvalue weighted by atomic mass is 10.0. The van der Waals surface area contributed by atoms with Crippen molar-refractivity contribution in [2.75, 3.05) is 5.23 Å². The van der Waals surface area contributed by atoms with Gasteiger partial charge in [0, 0.05) is 17.7 Å². The molecule has 0 bridgehead atoms. The summed E-state index contributed by atoms with van der Waals surface area (Å²) >= 11 is 0. The minimum Gasteiger partial charge on any atom is -0.437 e. The van der Waals surface area contributed by atoms with Crippen LogP contribution in [0.3, 0.4) is 0 Å². The number of Topliss-reactive ketones (excluding diaryl/α,β-unsaturated/α-hetero) is 1. The first-order valence-electron chi connectivity index (χ1n) is 4.29. The third-order valence-corrected chi connectivity index (χ3v) is 1.95. The number of rotatable bonds is 3. The molecule has 0 atom stereocenters. The second-order valence-electron chi connectivity index (χ2n) is 2.97. The molecular weight excluding hydrogens is 161 g/mol. The van der Waals surface area contributed by atoms with Crippen LogP contribution in [0.25, 0.3) is 0 Å². The summed E-state index contributed by atoms with van der Waals surface area (Å²) in [6.45, 7) is 3.79. The number of ketones is 1. The highest BCUT2D eigenvalue weighted by Gasteiger charge is 2.07. The zero-order chi connectivity index (χ0) is 9.84. The predicted molar refractivity (Wildman–Crippen MR) is 55.2 cm³/mol. The highest BCUT2D eigenvalue weighted by molar-refractivity contribution is 6.18. The Labute approximate surface area is 79.8 Å². The average molecular weight is 173 g/mol. The van der Waals surface area contributed by atoms with Crippen molar-refractivity contribution in [2.24, 2.45) is 0 Å². The summed E-state index contributed by atoms with van der Waals surface area (Å²) in [6.07, 6.45) is 0.498. The largest absolute Gasteiger partial charge is 0.437 e. The topological polar surface area (TPSA) is 29.1 Å². The monoisotopic (exact) mass is 173 g/mol. The number of benzene rings is 1. The van der Waals surface area contributed by atoms with Gasteiger partial charge in [-0.05, 0) is 19.1 Å². The molecule has 3 heteroatoms. The number of anilines is 1. The standard InChI is InChI=1S/C10H12BNO/c1-3-10(13)8-6-7(2)4-5-9(8)12-11/h4-6,12H,3H2,1-2H3. The van der Waals surface area contributed by atoms with E-state index in [4.69, 9.17) is 7.98 Å². The molecule has 1 rings (SSSR count). The van der Waals surface area contributed by atoms with Gasteiger partial charge in [-0.25, -0.2) is 0 Å². The SMILES string of the molecule is [B]Nc1ccc(C)cc1C(=O)CC. The molecule has 1 N–H and O–H groups in total. The molecule has 0 aliphatic rings. The second kappa shape index (κ2) is 4.12.